The first kappa shape index (κ1) is 28.7. The Morgan fingerprint density at radius 1 is 0.968 bits per heavy atom. The number of benzene rings is 1. The summed E-state index contributed by atoms with van der Waals surface area (Å²) in [6, 6.07) is 10.4. The average Bonchev–Trinajstić information content (AvgIpc) is 2.69. The van der Waals surface area contributed by atoms with E-state index in [-0.39, 0.29) is 5.97 Å². The standard InChI is InChI=1S/C23H41N2O3PS2/c1-18(2)17-21(7)24-29(25(19(3)4)20(5)6)28-14-16-31-30-15-13-27-23(26)22-11-9-8-10-12-22/h8-12,18-21,24H,13-17H2,1-7H3. The fourth-order valence-corrected chi connectivity index (χ4v) is 6.94. The topological polar surface area (TPSA) is 50.8 Å². The monoisotopic (exact) mass is 488 g/mol. The summed E-state index contributed by atoms with van der Waals surface area (Å²) in [5, 5.41) is 3.75. The Balaban J connectivity index is 2.32. The maximum atomic E-state index is 11.9. The van der Waals surface area contributed by atoms with Crippen molar-refractivity contribution in [2.24, 2.45) is 5.92 Å². The third kappa shape index (κ3) is 12.5. The molecule has 0 spiro atoms. The molecule has 1 N–H and O–H groups in total. The molecule has 8 heteroatoms. The highest BCUT2D eigenvalue weighted by Gasteiger charge is 2.27. The molecule has 0 saturated carbocycles. The van der Waals surface area contributed by atoms with Crippen molar-refractivity contribution in [1.82, 2.24) is 9.76 Å². The highest BCUT2D eigenvalue weighted by atomic mass is 33.1. The van der Waals surface area contributed by atoms with Crippen LogP contribution in [0.1, 0.15) is 65.2 Å². The van der Waals surface area contributed by atoms with Gasteiger partial charge in [-0.1, -0.05) is 53.6 Å². The maximum Gasteiger partial charge on any atom is 0.338 e. The van der Waals surface area contributed by atoms with Crippen molar-refractivity contribution in [1.29, 1.82) is 0 Å². The molecule has 2 unspecified atom stereocenters. The first-order chi connectivity index (χ1) is 14.7. The van der Waals surface area contributed by atoms with E-state index in [4.69, 9.17) is 9.26 Å². The van der Waals surface area contributed by atoms with Gasteiger partial charge in [0, 0.05) is 29.6 Å². The summed E-state index contributed by atoms with van der Waals surface area (Å²) in [4.78, 5) is 11.9. The Bertz CT molecular complexity index is 598. The highest BCUT2D eigenvalue weighted by molar-refractivity contribution is 8.76. The van der Waals surface area contributed by atoms with Gasteiger partial charge in [-0.2, -0.15) is 0 Å². The second kappa shape index (κ2) is 16.3. The van der Waals surface area contributed by atoms with E-state index in [2.05, 4.69) is 58.2 Å². The molecule has 1 aromatic rings. The van der Waals surface area contributed by atoms with Gasteiger partial charge in [-0.3, -0.25) is 5.09 Å². The Morgan fingerprint density at radius 2 is 1.55 bits per heavy atom. The van der Waals surface area contributed by atoms with Crippen molar-refractivity contribution < 1.29 is 14.1 Å². The quantitative estimate of drug-likeness (QED) is 0.122. The molecular formula is C23H41N2O3PS2. The number of ether oxygens (including phenoxy) is 1. The van der Waals surface area contributed by atoms with Gasteiger partial charge in [-0.25, -0.2) is 9.46 Å². The Morgan fingerprint density at radius 3 is 2.10 bits per heavy atom. The summed E-state index contributed by atoms with van der Waals surface area (Å²) in [7, 11) is 2.64. The van der Waals surface area contributed by atoms with Gasteiger partial charge in [0.15, 0.2) is 8.45 Å². The van der Waals surface area contributed by atoms with E-state index in [0.29, 0.717) is 42.8 Å². The summed E-state index contributed by atoms with van der Waals surface area (Å²) in [6.45, 7) is 16.8. The van der Waals surface area contributed by atoms with Gasteiger partial charge in [-0.15, -0.1) is 0 Å². The molecule has 0 aliphatic carbocycles. The van der Waals surface area contributed by atoms with E-state index < -0.39 is 8.45 Å². The minimum absolute atomic E-state index is 0.260. The lowest BCUT2D eigenvalue weighted by atomic mass is 10.1. The van der Waals surface area contributed by atoms with Gasteiger partial charge >= 0.3 is 5.97 Å². The lowest BCUT2D eigenvalue weighted by Crippen LogP contribution is -2.39. The van der Waals surface area contributed by atoms with Crippen molar-refractivity contribution >= 4 is 36.0 Å². The molecule has 0 radical (unpaired) electrons. The molecule has 5 nitrogen and oxygen atoms in total. The molecule has 0 aliphatic rings. The van der Waals surface area contributed by atoms with Crippen LogP contribution in [-0.4, -0.2) is 53.5 Å². The van der Waals surface area contributed by atoms with Crippen LogP contribution in [0, 0.1) is 5.92 Å². The van der Waals surface area contributed by atoms with E-state index >= 15 is 0 Å². The molecular weight excluding hydrogens is 447 g/mol. The summed E-state index contributed by atoms with van der Waals surface area (Å²) >= 11 is 0. The average molecular weight is 489 g/mol. The number of nitrogens with one attached hydrogen (secondary N) is 1. The van der Waals surface area contributed by atoms with Crippen LogP contribution in [0.3, 0.4) is 0 Å². The number of esters is 1. The van der Waals surface area contributed by atoms with Crippen LogP contribution in [0.2, 0.25) is 0 Å². The molecule has 0 fully saturated rings. The second-order valence-corrected chi connectivity index (χ2v) is 12.7. The van der Waals surface area contributed by atoms with Gasteiger partial charge < -0.3 is 9.26 Å². The zero-order chi connectivity index (χ0) is 23.2. The number of carbonyl (C=O) groups excluding carboxylic acids is 1. The third-order valence-corrected chi connectivity index (χ3v) is 9.06. The molecule has 0 aromatic heterocycles. The molecule has 1 rings (SSSR count). The molecule has 0 saturated heterocycles. The van der Waals surface area contributed by atoms with Crippen LogP contribution in [0.15, 0.2) is 30.3 Å². The zero-order valence-corrected chi connectivity index (χ0v) is 22.7. The fraction of sp³-hybridized carbons (Fsp3) is 0.696. The SMILES string of the molecule is CC(C)CC(C)NP(OCCSSCCOC(=O)c1ccccc1)N(C(C)C)C(C)C. The van der Waals surface area contributed by atoms with Crippen molar-refractivity contribution in [2.45, 2.75) is 73.0 Å². The van der Waals surface area contributed by atoms with Crippen LogP contribution in [-0.2, 0) is 9.26 Å². The van der Waals surface area contributed by atoms with Crippen LogP contribution in [0.25, 0.3) is 0 Å². The van der Waals surface area contributed by atoms with Crippen LogP contribution < -0.4 is 5.09 Å². The first-order valence-corrected chi connectivity index (χ1v) is 14.9. The van der Waals surface area contributed by atoms with Gasteiger partial charge in [0.05, 0.1) is 12.2 Å². The molecule has 178 valence electrons. The van der Waals surface area contributed by atoms with Gasteiger partial charge in [0.25, 0.3) is 0 Å². The van der Waals surface area contributed by atoms with Gasteiger partial charge in [-0.05, 0) is 59.1 Å². The van der Waals surface area contributed by atoms with Crippen molar-refractivity contribution in [3.8, 4) is 0 Å². The predicted molar refractivity (Wildman–Crippen MR) is 139 cm³/mol. The minimum atomic E-state index is -0.844. The third-order valence-electron chi connectivity index (χ3n) is 4.30. The lowest BCUT2D eigenvalue weighted by Gasteiger charge is -2.38. The first-order valence-electron chi connectivity index (χ1n) is 11.2. The van der Waals surface area contributed by atoms with Crippen molar-refractivity contribution in [2.75, 3.05) is 24.7 Å². The van der Waals surface area contributed by atoms with Crippen LogP contribution in [0.4, 0.5) is 0 Å². The number of hydrogen-bond acceptors (Lipinski definition) is 7. The highest BCUT2D eigenvalue weighted by Crippen LogP contribution is 2.42. The lowest BCUT2D eigenvalue weighted by molar-refractivity contribution is 0.0530. The van der Waals surface area contributed by atoms with Crippen LogP contribution in [0.5, 0.6) is 0 Å². The van der Waals surface area contributed by atoms with E-state index in [1.165, 1.54) is 0 Å². The number of nitrogens with zero attached hydrogens (tertiary/aromatic N) is 1. The molecule has 0 bridgehead atoms. The van der Waals surface area contributed by atoms with Crippen molar-refractivity contribution in [3.63, 3.8) is 0 Å². The zero-order valence-electron chi connectivity index (χ0n) is 20.2. The number of hydrogen-bond donors (Lipinski definition) is 1. The van der Waals surface area contributed by atoms with E-state index in [1.54, 1.807) is 33.7 Å². The molecule has 1 aromatic carbocycles. The second-order valence-electron chi connectivity index (χ2n) is 8.48. The minimum Gasteiger partial charge on any atom is -0.461 e. The van der Waals surface area contributed by atoms with Crippen molar-refractivity contribution in [3.05, 3.63) is 35.9 Å². The van der Waals surface area contributed by atoms with E-state index in [9.17, 15) is 4.79 Å². The normalized spacial score (nSPS) is 13.9. The molecule has 0 heterocycles. The summed E-state index contributed by atoms with van der Waals surface area (Å²) < 4.78 is 14.1. The summed E-state index contributed by atoms with van der Waals surface area (Å²) in [6.07, 6.45) is 1.14. The molecule has 0 aliphatic heterocycles. The molecule has 2 atom stereocenters. The largest absolute Gasteiger partial charge is 0.461 e. The van der Waals surface area contributed by atoms with Gasteiger partial charge in [0.1, 0.15) is 6.61 Å². The Hall–Kier alpha value is -0.300. The van der Waals surface area contributed by atoms with E-state index in [0.717, 1.165) is 17.9 Å². The number of rotatable bonds is 16. The van der Waals surface area contributed by atoms with E-state index in [1.807, 2.05) is 18.2 Å². The van der Waals surface area contributed by atoms with Crippen LogP contribution >= 0.6 is 30.0 Å². The summed E-state index contributed by atoms with van der Waals surface area (Å²) in [5.74, 6) is 2.07. The Labute approximate surface area is 199 Å². The molecule has 0 amide bonds. The molecule has 31 heavy (non-hydrogen) atoms. The number of carbonyl (C=O) groups is 1. The van der Waals surface area contributed by atoms with Gasteiger partial charge in [0.2, 0.25) is 0 Å². The maximum absolute atomic E-state index is 11.9. The predicted octanol–water partition coefficient (Wildman–Crippen LogP) is 6.61. The fourth-order valence-electron chi connectivity index (χ4n) is 3.24. The smallest absolute Gasteiger partial charge is 0.338 e. The Kier molecular flexibility index (Phi) is 15.1. The summed E-state index contributed by atoms with van der Waals surface area (Å²) in [5.41, 5.74) is 0.598.